The molecule has 0 N–H and O–H groups in total. The van der Waals surface area contributed by atoms with Crippen LogP contribution in [0.15, 0.2) is 35.9 Å². The summed E-state index contributed by atoms with van der Waals surface area (Å²) in [6.07, 6.45) is 4.89. The van der Waals surface area contributed by atoms with Crippen molar-refractivity contribution in [2.24, 2.45) is 0 Å². The van der Waals surface area contributed by atoms with Crippen LogP contribution in [0.3, 0.4) is 0 Å². The third-order valence-electron chi connectivity index (χ3n) is 4.31. The second-order valence-corrected chi connectivity index (χ2v) is 6.15. The fourth-order valence-electron chi connectivity index (χ4n) is 3.03. The number of halogens is 4. The number of hydrogen-bond donors (Lipinski definition) is 0. The van der Waals surface area contributed by atoms with Crippen molar-refractivity contribution < 1.29 is 27.1 Å². The van der Waals surface area contributed by atoms with Gasteiger partial charge in [0.1, 0.15) is 11.6 Å². The Hall–Kier alpha value is -2.63. The second kappa shape index (κ2) is 7.32. The Bertz CT molecular complexity index is 880. The summed E-state index contributed by atoms with van der Waals surface area (Å²) in [5.74, 6) is -6.99. The first-order valence-electron chi connectivity index (χ1n) is 8.25. The average Bonchev–Trinajstić information content (AvgIpc) is 2.60. The molecule has 0 saturated heterocycles. The zero-order valence-electron chi connectivity index (χ0n) is 14.0. The number of allylic oxidation sites excluding steroid dienone is 2. The van der Waals surface area contributed by atoms with Gasteiger partial charge < -0.3 is 4.74 Å². The van der Waals surface area contributed by atoms with Crippen LogP contribution < -0.4 is 4.74 Å². The topological polar surface area (TPSA) is 26.3 Å². The molecule has 0 spiro atoms. The largest absolute Gasteiger partial charge is 0.423 e. The standard InChI is InChI=1S/C20H16F4O2/c1-2-3-11-4-6-14-12(8-11)5-7-15(18(14)23)20(25)26-13-9-16(21)19(24)17(22)10-13/h4-5,7,9-10H,2-3,6,8H2,1H3. The van der Waals surface area contributed by atoms with Gasteiger partial charge in [-0.05, 0) is 36.5 Å². The maximum atomic E-state index is 14.7. The fraction of sp³-hybridized carbons (Fsp3) is 0.250. The summed E-state index contributed by atoms with van der Waals surface area (Å²) in [5.41, 5.74) is 2.12. The van der Waals surface area contributed by atoms with Crippen molar-refractivity contribution in [1.29, 1.82) is 0 Å². The van der Waals surface area contributed by atoms with Gasteiger partial charge in [0.15, 0.2) is 17.5 Å². The highest BCUT2D eigenvalue weighted by atomic mass is 19.2. The summed E-state index contributed by atoms with van der Waals surface area (Å²) >= 11 is 0. The van der Waals surface area contributed by atoms with Gasteiger partial charge >= 0.3 is 5.97 Å². The van der Waals surface area contributed by atoms with Gasteiger partial charge in [0.2, 0.25) is 0 Å². The van der Waals surface area contributed by atoms with Crippen LogP contribution in [0.4, 0.5) is 17.6 Å². The third-order valence-corrected chi connectivity index (χ3v) is 4.31. The molecule has 0 amide bonds. The lowest BCUT2D eigenvalue weighted by Gasteiger charge is -2.18. The van der Waals surface area contributed by atoms with Gasteiger partial charge in [-0.25, -0.2) is 22.4 Å². The summed E-state index contributed by atoms with van der Waals surface area (Å²) < 4.78 is 58.9. The predicted octanol–water partition coefficient (Wildman–Crippen LogP) is 5.29. The zero-order valence-corrected chi connectivity index (χ0v) is 14.0. The van der Waals surface area contributed by atoms with Gasteiger partial charge in [-0.15, -0.1) is 0 Å². The number of fused-ring (bicyclic) bond motifs is 1. The summed E-state index contributed by atoms with van der Waals surface area (Å²) in [5, 5.41) is 0. The molecule has 1 aliphatic rings. The minimum absolute atomic E-state index is 0.332. The van der Waals surface area contributed by atoms with Gasteiger partial charge in [-0.3, -0.25) is 0 Å². The van der Waals surface area contributed by atoms with Crippen molar-refractivity contribution in [3.05, 3.63) is 75.9 Å². The van der Waals surface area contributed by atoms with E-state index in [9.17, 15) is 22.4 Å². The maximum Gasteiger partial charge on any atom is 0.346 e. The fourth-order valence-corrected chi connectivity index (χ4v) is 3.03. The normalized spacial score (nSPS) is 13.2. The molecule has 0 aliphatic heterocycles. The van der Waals surface area contributed by atoms with Crippen molar-refractivity contribution in [2.45, 2.75) is 32.6 Å². The van der Waals surface area contributed by atoms with Gasteiger partial charge in [0, 0.05) is 12.1 Å². The molecule has 3 rings (SSSR count). The van der Waals surface area contributed by atoms with Crippen LogP contribution in [-0.4, -0.2) is 5.97 Å². The Morgan fingerprint density at radius 3 is 2.42 bits per heavy atom. The lowest BCUT2D eigenvalue weighted by atomic mass is 9.88. The maximum absolute atomic E-state index is 14.7. The van der Waals surface area contributed by atoms with Gasteiger partial charge in [0.25, 0.3) is 0 Å². The van der Waals surface area contributed by atoms with E-state index in [1.807, 2.05) is 6.08 Å². The monoisotopic (exact) mass is 364 g/mol. The SMILES string of the molecule is CCCC1=CCc2c(ccc(C(=O)Oc3cc(F)c(F)c(F)c3)c2F)C1. The van der Waals surface area contributed by atoms with Gasteiger partial charge in [0.05, 0.1) is 5.56 Å². The molecular weight excluding hydrogens is 348 g/mol. The lowest BCUT2D eigenvalue weighted by Crippen LogP contribution is -2.15. The van der Waals surface area contributed by atoms with Crippen molar-refractivity contribution in [3.8, 4) is 5.75 Å². The van der Waals surface area contributed by atoms with E-state index in [0.717, 1.165) is 18.4 Å². The molecule has 0 fully saturated rings. The molecule has 1 aliphatic carbocycles. The van der Waals surface area contributed by atoms with E-state index in [-0.39, 0.29) is 5.56 Å². The van der Waals surface area contributed by atoms with Crippen molar-refractivity contribution in [1.82, 2.24) is 0 Å². The molecule has 0 aromatic heterocycles. The molecule has 6 heteroatoms. The van der Waals surface area contributed by atoms with E-state index in [0.29, 0.717) is 30.5 Å². The molecule has 2 aromatic carbocycles. The van der Waals surface area contributed by atoms with Gasteiger partial charge in [-0.2, -0.15) is 0 Å². The highest BCUT2D eigenvalue weighted by Gasteiger charge is 2.23. The van der Waals surface area contributed by atoms with E-state index in [2.05, 4.69) is 6.92 Å². The average molecular weight is 364 g/mol. The summed E-state index contributed by atoms with van der Waals surface area (Å²) in [6.45, 7) is 2.07. The Morgan fingerprint density at radius 1 is 1.08 bits per heavy atom. The van der Waals surface area contributed by atoms with E-state index >= 15 is 0 Å². The van der Waals surface area contributed by atoms with E-state index < -0.39 is 35.0 Å². The predicted molar refractivity (Wildman–Crippen MR) is 88.1 cm³/mol. The molecule has 0 radical (unpaired) electrons. The zero-order chi connectivity index (χ0) is 18.8. The van der Waals surface area contributed by atoms with Crippen molar-refractivity contribution >= 4 is 5.97 Å². The Balaban J connectivity index is 1.85. The van der Waals surface area contributed by atoms with Crippen LogP contribution in [0.2, 0.25) is 0 Å². The number of ether oxygens (including phenoxy) is 1. The number of hydrogen-bond acceptors (Lipinski definition) is 2. The van der Waals surface area contributed by atoms with Crippen LogP contribution >= 0.6 is 0 Å². The first-order valence-corrected chi connectivity index (χ1v) is 8.25. The van der Waals surface area contributed by atoms with Crippen molar-refractivity contribution in [3.63, 3.8) is 0 Å². The summed E-state index contributed by atoms with van der Waals surface area (Å²) in [7, 11) is 0. The number of benzene rings is 2. The first kappa shape index (κ1) is 18.2. The van der Waals surface area contributed by atoms with Crippen LogP contribution in [0, 0.1) is 23.3 Å². The highest BCUT2D eigenvalue weighted by molar-refractivity contribution is 5.91. The molecule has 0 atom stereocenters. The molecule has 0 saturated carbocycles. The van der Waals surface area contributed by atoms with E-state index in [1.54, 1.807) is 6.07 Å². The summed E-state index contributed by atoms with van der Waals surface area (Å²) in [6, 6.07) is 4.02. The number of esters is 1. The molecular formula is C20H16F4O2. The molecule has 136 valence electrons. The second-order valence-electron chi connectivity index (χ2n) is 6.15. The number of rotatable bonds is 4. The highest BCUT2D eigenvalue weighted by Crippen LogP contribution is 2.28. The van der Waals surface area contributed by atoms with Crippen LogP contribution in [0.25, 0.3) is 0 Å². The first-order chi connectivity index (χ1) is 12.4. The Labute approximate surface area is 148 Å². The van der Waals surface area contributed by atoms with Crippen molar-refractivity contribution in [2.75, 3.05) is 0 Å². The number of carbonyl (C=O) groups is 1. The van der Waals surface area contributed by atoms with E-state index in [1.165, 1.54) is 11.6 Å². The number of carbonyl (C=O) groups excluding carboxylic acids is 1. The Morgan fingerprint density at radius 2 is 1.77 bits per heavy atom. The molecule has 0 heterocycles. The summed E-state index contributed by atoms with van der Waals surface area (Å²) in [4.78, 5) is 12.2. The minimum atomic E-state index is -1.67. The van der Waals surface area contributed by atoms with Crippen LogP contribution in [-0.2, 0) is 12.8 Å². The Kier molecular flexibility index (Phi) is 5.11. The third kappa shape index (κ3) is 3.49. The van der Waals surface area contributed by atoms with Crippen LogP contribution in [0.1, 0.15) is 41.3 Å². The quantitative estimate of drug-likeness (QED) is 0.242. The van der Waals surface area contributed by atoms with Crippen LogP contribution in [0.5, 0.6) is 5.75 Å². The molecule has 0 bridgehead atoms. The van der Waals surface area contributed by atoms with Gasteiger partial charge in [-0.1, -0.05) is 31.1 Å². The minimum Gasteiger partial charge on any atom is -0.423 e. The van der Waals surface area contributed by atoms with E-state index in [4.69, 9.17) is 4.74 Å². The molecule has 2 aromatic rings. The molecule has 0 unspecified atom stereocenters. The smallest absolute Gasteiger partial charge is 0.346 e. The molecule has 26 heavy (non-hydrogen) atoms. The molecule has 2 nitrogen and oxygen atoms in total. The lowest BCUT2D eigenvalue weighted by molar-refractivity contribution is 0.0728.